The van der Waals surface area contributed by atoms with E-state index in [1.165, 1.54) is 0 Å². The number of aliphatic hydroxyl groups excluding tert-OH is 1. The van der Waals surface area contributed by atoms with Crippen LogP contribution in [0.3, 0.4) is 0 Å². The Labute approximate surface area is 120 Å². The molecular formula is C12H18N4O5. The summed E-state index contributed by atoms with van der Waals surface area (Å²) in [7, 11) is 0. The lowest BCUT2D eigenvalue weighted by molar-refractivity contribution is -0.927. The average molecular weight is 298 g/mol. The molecule has 2 heterocycles. The molecule has 0 radical (unpaired) electrons. The van der Waals surface area contributed by atoms with Crippen LogP contribution >= 0.6 is 0 Å². The first-order chi connectivity index (χ1) is 10.0. The van der Waals surface area contributed by atoms with Gasteiger partial charge in [-0.05, 0) is 0 Å². The zero-order chi connectivity index (χ0) is 15.4. The summed E-state index contributed by atoms with van der Waals surface area (Å²) in [5, 5.41) is 19.5. The molecule has 1 fully saturated rings. The molecule has 0 amide bonds. The van der Waals surface area contributed by atoms with Gasteiger partial charge in [0.15, 0.2) is 6.67 Å². The molecule has 9 heteroatoms. The second-order valence-electron chi connectivity index (χ2n) is 5.02. The Morgan fingerprint density at radius 1 is 1.38 bits per heavy atom. The van der Waals surface area contributed by atoms with E-state index in [0.29, 0.717) is 6.54 Å². The van der Waals surface area contributed by atoms with Gasteiger partial charge in [-0.2, -0.15) is 0 Å². The van der Waals surface area contributed by atoms with Crippen LogP contribution in [0.5, 0.6) is 0 Å². The maximum absolute atomic E-state index is 11.8. The summed E-state index contributed by atoms with van der Waals surface area (Å²) in [6, 6.07) is 0.859. The van der Waals surface area contributed by atoms with Crippen molar-refractivity contribution >= 4 is 5.97 Å². The van der Waals surface area contributed by atoms with Gasteiger partial charge in [-0.1, -0.05) is 0 Å². The fourth-order valence-corrected chi connectivity index (χ4v) is 2.40. The van der Waals surface area contributed by atoms with Crippen LogP contribution in [0.2, 0.25) is 0 Å². The van der Waals surface area contributed by atoms with Gasteiger partial charge in [0.2, 0.25) is 0 Å². The fourth-order valence-electron chi connectivity index (χ4n) is 2.40. The number of H-pyrrole nitrogens is 1. The fraction of sp³-hybridized carbons (Fsp3) is 0.583. The van der Waals surface area contributed by atoms with Crippen molar-refractivity contribution in [2.75, 3.05) is 39.3 Å². The van der Waals surface area contributed by atoms with Crippen molar-refractivity contribution in [2.24, 2.45) is 0 Å². The van der Waals surface area contributed by atoms with Crippen molar-refractivity contribution in [3.05, 3.63) is 32.6 Å². The third kappa shape index (κ3) is 3.78. The molecular weight excluding hydrogens is 280 g/mol. The van der Waals surface area contributed by atoms with Gasteiger partial charge in [0.05, 0.1) is 31.4 Å². The van der Waals surface area contributed by atoms with E-state index < -0.39 is 22.9 Å². The third-order valence-corrected chi connectivity index (χ3v) is 3.60. The van der Waals surface area contributed by atoms with Gasteiger partial charge in [0, 0.05) is 25.7 Å². The minimum atomic E-state index is -1.58. The summed E-state index contributed by atoms with van der Waals surface area (Å²) in [5.41, 5.74) is -1.90. The minimum Gasteiger partial charge on any atom is -0.543 e. The minimum absolute atomic E-state index is 0.110. The van der Waals surface area contributed by atoms with Crippen LogP contribution in [0.25, 0.3) is 0 Å². The maximum atomic E-state index is 11.8. The van der Waals surface area contributed by atoms with E-state index in [1.807, 2.05) is 0 Å². The van der Waals surface area contributed by atoms with Crippen LogP contribution in [0, 0.1) is 0 Å². The first-order valence-electron chi connectivity index (χ1n) is 6.73. The summed E-state index contributed by atoms with van der Waals surface area (Å²) < 4.78 is 0.990. The van der Waals surface area contributed by atoms with Gasteiger partial charge in [0.25, 0.3) is 5.56 Å². The number of carbonyl (C=O) groups is 1. The highest BCUT2D eigenvalue weighted by Crippen LogP contribution is 1.87. The number of quaternary nitrogens is 1. The molecule has 1 saturated heterocycles. The van der Waals surface area contributed by atoms with Crippen molar-refractivity contribution in [2.45, 2.75) is 6.67 Å². The zero-order valence-corrected chi connectivity index (χ0v) is 11.5. The van der Waals surface area contributed by atoms with Crippen molar-refractivity contribution in [3.63, 3.8) is 0 Å². The molecule has 116 valence electrons. The summed E-state index contributed by atoms with van der Waals surface area (Å²) in [5.74, 6) is -1.58. The normalized spacial score (nSPS) is 17.0. The van der Waals surface area contributed by atoms with E-state index in [1.54, 1.807) is 0 Å². The number of rotatable bonds is 5. The molecule has 0 spiro atoms. The summed E-state index contributed by atoms with van der Waals surface area (Å²) in [6.45, 7) is 3.96. The summed E-state index contributed by atoms with van der Waals surface area (Å²) >= 11 is 0. The number of aromatic amines is 1. The van der Waals surface area contributed by atoms with Crippen LogP contribution in [-0.2, 0) is 6.67 Å². The quantitative estimate of drug-likeness (QED) is 0.500. The summed E-state index contributed by atoms with van der Waals surface area (Å²) in [6.07, 6.45) is 0. The van der Waals surface area contributed by atoms with Crippen LogP contribution in [0.4, 0.5) is 0 Å². The molecule has 1 aromatic heterocycles. The monoisotopic (exact) mass is 298 g/mol. The van der Waals surface area contributed by atoms with Crippen LogP contribution in [-0.4, -0.2) is 64.9 Å². The molecule has 0 saturated carbocycles. The number of carboxylic acid groups (broad SMARTS) is 1. The van der Waals surface area contributed by atoms with E-state index in [-0.39, 0.29) is 13.3 Å². The first kappa shape index (κ1) is 15.4. The van der Waals surface area contributed by atoms with Crippen molar-refractivity contribution in [3.8, 4) is 0 Å². The smallest absolute Gasteiger partial charge is 0.333 e. The first-order valence-corrected chi connectivity index (χ1v) is 6.73. The van der Waals surface area contributed by atoms with E-state index in [2.05, 4.69) is 9.88 Å². The van der Waals surface area contributed by atoms with Gasteiger partial charge >= 0.3 is 5.69 Å². The molecule has 0 bridgehead atoms. The molecule has 9 nitrogen and oxygen atoms in total. The standard InChI is InChI=1S/C12H18N4O5/c17-6-5-14-1-3-15(4-2-14)8-16-10(18)7-9(11(19)20)13-12(16)21/h7,17H,1-6,8H2,(H,13,21)(H,19,20). The lowest BCUT2D eigenvalue weighted by Crippen LogP contribution is -3.14. The van der Waals surface area contributed by atoms with E-state index in [0.717, 1.165) is 41.7 Å². The van der Waals surface area contributed by atoms with Gasteiger partial charge in [0.1, 0.15) is 0 Å². The van der Waals surface area contributed by atoms with Crippen molar-refractivity contribution in [1.29, 1.82) is 0 Å². The van der Waals surface area contributed by atoms with Crippen LogP contribution in [0.15, 0.2) is 15.7 Å². The lowest BCUT2D eigenvalue weighted by atomic mass is 10.3. The molecule has 2 rings (SSSR count). The number of hydrogen-bond acceptors (Lipinski definition) is 6. The Morgan fingerprint density at radius 3 is 2.57 bits per heavy atom. The van der Waals surface area contributed by atoms with Gasteiger partial charge in [-0.3, -0.25) is 9.69 Å². The Morgan fingerprint density at radius 2 is 2.05 bits per heavy atom. The molecule has 0 atom stereocenters. The van der Waals surface area contributed by atoms with E-state index in [4.69, 9.17) is 5.11 Å². The number of nitrogens with one attached hydrogen (secondary N) is 2. The Bertz CT molecular complexity index is 584. The number of hydrogen-bond donors (Lipinski definition) is 3. The van der Waals surface area contributed by atoms with Crippen molar-refractivity contribution in [1.82, 2.24) is 14.5 Å². The number of nitrogens with zero attached hydrogens (tertiary/aromatic N) is 2. The Balaban J connectivity index is 2.06. The second kappa shape index (κ2) is 6.66. The van der Waals surface area contributed by atoms with Crippen LogP contribution in [0.1, 0.15) is 10.5 Å². The third-order valence-electron chi connectivity index (χ3n) is 3.60. The largest absolute Gasteiger partial charge is 0.543 e. The highest BCUT2D eigenvalue weighted by molar-refractivity contribution is 5.82. The number of β-amino-alcohol motifs (C(OH)–C–C–N with tert-alkyl or cyclic N) is 1. The van der Waals surface area contributed by atoms with Gasteiger partial charge < -0.3 is 24.9 Å². The maximum Gasteiger partial charge on any atom is 0.333 e. The molecule has 0 aromatic carbocycles. The molecule has 21 heavy (non-hydrogen) atoms. The molecule has 0 unspecified atom stereocenters. The number of aromatic nitrogens is 2. The highest BCUT2D eigenvalue weighted by atomic mass is 16.4. The molecule has 1 aliphatic heterocycles. The Hall–Kier alpha value is -1.97. The second-order valence-corrected chi connectivity index (χ2v) is 5.02. The predicted molar refractivity (Wildman–Crippen MR) is 69.9 cm³/mol. The van der Waals surface area contributed by atoms with E-state index >= 15 is 0 Å². The van der Waals surface area contributed by atoms with Crippen molar-refractivity contribution < 1.29 is 19.9 Å². The topological polar surface area (TPSA) is 123 Å². The average Bonchev–Trinajstić information content (AvgIpc) is 2.44. The highest BCUT2D eigenvalue weighted by Gasteiger charge is 2.20. The number of aliphatic hydroxyl groups is 1. The Kier molecular flexibility index (Phi) is 4.89. The number of piperazine rings is 1. The van der Waals surface area contributed by atoms with Gasteiger partial charge in [-0.25, -0.2) is 9.36 Å². The number of carboxylic acids is 1. The SMILES string of the molecule is O=C([O-])c1cc(=O)n(C[NH+]2CCN(CCO)CC2)c(=O)[nH]1. The number of carbonyl (C=O) groups excluding carboxylic acids is 1. The van der Waals surface area contributed by atoms with Gasteiger partial charge in [-0.15, -0.1) is 0 Å². The predicted octanol–water partition coefficient (Wildman–Crippen LogP) is -4.95. The lowest BCUT2D eigenvalue weighted by Gasteiger charge is -2.31. The van der Waals surface area contributed by atoms with Crippen LogP contribution < -0.4 is 21.3 Å². The van der Waals surface area contributed by atoms with E-state index in [9.17, 15) is 19.5 Å². The summed E-state index contributed by atoms with van der Waals surface area (Å²) in [4.78, 5) is 39.5. The molecule has 0 aliphatic carbocycles. The number of aromatic carboxylic acids is 1. The molecule has 3 N–H and O–H groups in total. The molecule has 1 aromatic rings. The molecule has 1 aliphatic rings. The zero-order valence-electron chi connectivity index (χ0n) is 11.5.